The Morgan fingerprint density at radius 1 is 1.30 bits per heavy atom. The van der Waals surface area contributed by atoms with Gasteiger partial charge in [0.25, 0.3) is 0 Å². The molecule has 0 amide bonds. The van der Waals surface area contributed by atoms with Crippen molar-refractivity contribution in [3.05, 3.63) is 11.7 Å². The van der Waals surface area contributed by atoms with Gasteiger partial charge in [-0.3, -0.25) is 0 Å². The largest absolute Gasteiger partial charge is 0.381 e. The lowest BCUT2D eigenvalue weighted by Crippen LogP contribution is -2.32. The highest BCUT2D eigenvalue weighted by molar-refractivity contribution is 4.97. The summed E-state index contributed by atoms with van der Waals surface area (Å²) in [4.78, 5) is 4.59. The quantitative estimate of drug-likeness (QED) is 0.832. The molecule has 0 aliphatic carbocycles. The van der Waals surface area contributed by atoms with Crippen molar-refractivity contribution in [1.29, 1.82) is 0 Å². The van der Waals surface area contributed by atoms with E-state index in [1.54, 1.807) is 0 Å². The summed E-state index contributed by atoms with van der Waals surface area (Å²) < 4.78 is 10.8. The molecule has 114 valence electrons. The number of likely N-dealkylation sites (N-methyl/N-ethyl adjacent to an activating group) is 1. The maximum absolute atomic E-state index is 5.43. The van der Waals surface area contributed by atoms with Crippen molar-refractivity contribution in [3.8, 4) is 0 Å². The molecule has 1 fully saturated rings. The van der Waals surface area contributed by atoms with Crippen LogP contribution in [0.1, 0.15) is 57.7 Å². The van der Waals surface area contributed by atoms with Crippen LogP contribution in [0.5, 0.6) is 0 Å². The average Bonchev–Trinajstić information content (AvgIpc) is 2.88. The molecule has 0 aromatic carbocycles. The Balaban J connectivity index is 1.92. The van der Waals surface area contributed by atoms with Crippen LogP contribution in [-0.2, 0) is 11.2 Å². The van der Waals surface area contributed by atoms with E-state index in [-0.39, 0.29) is 0 Å². The zero-order valence-electron chi connectivity index (χ0n) is 12.9. The van der Waals surface area contributed by atoms with Crippen LogP contribution < -0.4 is 5.32 Å². The molecule has 5 nitrogen and oxygen atoms in total. The summed E-state index contributed by atoms with van der Waals surface area (Å²) in [7, 11) is 0. The summed E-state index contributed by atoms with van der Waals surface area (Å²) in [6.45, 7) is 9.20. The molecular formula is C15H27N3O2. The average molecular weight is 281 g/mol. The first-order valence-corrected chi connectivity index (χ1v) is 7.82. The summed E-state index contributed by atoms with van der Waals surface area (Å²) in [5.74, 6) is 2.70. The highest BCUT2D eigenvalue weighted by Crippen LogP contribution is 2.24. The van der Waals surface area contributed by atoms with E-state index in [9.17, 15) is 0 Å². The van der Waals surface area contributed by atoms with Crippen molar-refractivity contribution in [3.63, 3.8) is 0 Å². The first kappa shape index (κ1) is 15.4. The number of ether oxygens (including phenoxy) is 1. The van der Waals surface area contributed by atoms with E-state index in [4.69, 9.17) is 9.26 Å². The fraction of sp³-hybridized carbons (Fsp3) is 0.867. The molecule has 1 aliphatic rings. The molecule has 20 heavy (non-hydrogen) atoms. The number of nitrogens with zero attached hydrogens (tertiary/aromatic N) is 2. The van der Waals surface area contributed by atoms with Crippen molar-refractivity contribution < 1.29 is 9.26 Å². The summed E-state index contributed by atoms with van der Waals surface area (Å²) in [5.41, 5.74) is 0. The molecule has 1 unspecified atom stereocenters. The zero-order chi connectivity index (χ0) is 14.4. The lowest BCUT2D eigenvalue weighted by atomic mass is 9.99. The monoisotopic (exact) mass is 281 g/mol. The van der Waals surface area contributed by atoms with Crippen molar-refractivity contribution >= 4 is 0 Å². The van der Waals surface area contributed by atoms with Gasteiger partial charge in [-0.25, -0.2) is 0 Å². The highest BCUT2D eigenvalue weighted by atomic mass is 16.5. The third-order valence-electron chi connectivity index (χ3n) is 3.74. The van der Waals surface area contributed by atoms with Crippen LogP contribution in [0.3, 0.4) is 0 Å². The number of hydrogen-bond acceptors (Lipinski definition) is 5. The molecular weight excluding hydrogens is 254 g/mol. The Morgan fingerprint density at radius 2 is 2.05 bits per heavy atom. The van der Waals surface area contributed by atoms with Gasteiger partial charge in [0.15, 0.2) is 5.82 Å². The van der Waals surface area contributed by atoms with E-state index in [0.29, 0.717) is 17.9 Å². The van der Waals surface area contributed by atoms with E-state index in [1.807, 2.05) is 0 Å². The van der Waals surface area contributed by atoms with E-state index < -0.39 is 0 Å². The Hall–Kier alpha value is -0.940. The molecule has 1 aromatic heterocycles. The highest BCUT2D eigenvalue weighted by Gasteiger charge is 2.22. The molecule has 1 N–H and O–H groups in total. The second kappa shape index (κ2) is 7.74. The van der Waals surface area contributed by atoms with E-state index in [1.165, 1.54) is 0 Å². The Bertz CT molecular complexity index is 386. The van der Waals surface area contributed by atoms with Crippen LogP contribution in [-0.4, -0.2) is 35.9 Å². The van der Waals surface area contributed by atoms with Crippen LogP contribution in [0, 0.1) is 5.92 Å². The zero-order valence-corrected chi connectivity index (χ0v) is 12.9. The lowest BCUT2D eigenvalue weighted by Gasteiger charge is -2.18. The maximum atomic E-state index is 5.43. The summed E-state index contributed by atoms with van der Waals surface area (Å²) in [6, 6.07) is 0.419. The minimum Gasteiger partial charge on any atom is -0.381 e. The van der Waals surface area contributed by atoms with Gasteiger partial charge in [-0.15, -0.1) is 0 Å². The smallest absolute Gasteiger partial charge is 0.228 e. The van der Waals surface area contributed by atoms with Crippen LogP contribution in [0.25, 0.3) is 0 Å². The van der Waals surface area contributed by atoms with Crippen molar-refractivity contribution in [2.75, 3.05) is 19.8 Å². The Morgan fingerprint density at radius 3 is 2.70 bits per heavy atom. The first-order valence-electron chi connectivity index (χ1n) is 7.82. The molecule has 0 bridgehead atoms. The third-order valence-corrected chi connectivity index (χ3v) is 3.74. The number of rotatable bonds is 7. The Kier molecular flexibility index (Phi) is 5.98. The van der Waals surface area contributed by atoms with Crippen LogP contribution >= 0.6 is 0 Å². The topological polar surface area (TPSA) is 60.2 Å². The molecule has 1 aliphatic heterocycles. The second-order valence-corrected chi connectivity index (χ2v) is 6.02. The Labute approximate surface area is 121 Å². The molecule has 1 atom stereocenters. The fourth-order valence-corrected chi connectivity index (χ4v) is 2.78. The molecule has 5 heteroatoms. The van der Waals surface area contributed by atoms with Crippen molar-refractivity contribution in [2.45, 2.75) is 58.4 Å². The lowest BCUT2D eigenvalue weighted by molar-refractivity contribution is 0.0830. The van der Waals surface area contributed by atoms with E-state index >= 15 is 0 Å². The van der Waals surface area contributed by atoms with Gasteiger partial charge in [0.05, 0.1) is 0 Å². The number of nitrogens with one attached hydrogen (secondary N) is 1. The number of hydrogen-bond donors (Lipinski definition) is 1. The van der Waals surface area contributed by atoms with Crippen LogP contribution in [0.2, 0.25) is 0 Å². The summed E-state index contributed by atoms with van der Waals surface area (Å²) >= 11 is 0. The molecule has 1 saturated heterocycles. The van der Waals surface area contributed by atoms with Gasteiger partial charge in [-0.1, -0.05) is 25.9 Å². The fourth-order valence-electron chi connectivity index (χ4n) is 2.78. The van der Waals surface area contributed by atoms with Gasteiger partial charge in [-0.05, 0) is 31.7 Å². The van der Waals surface area contributed by atoms with Gasteiger partial charge in [0.1, 0.15) is 0 Å². The predicted molar refractivity (Wildman–Crippen MR) is 77.7 cm³/mol. The third kappa shape index (κ3) is 4.56. The normalized spacial score (nSPS) is 18.6. The van der Waals surface area contributed by atoms with Gasteiger partial charge >= 0.3 is 0 Å². The minimum atomic E-state index is 0.406. The van der Waals surface area contributed by atoms with Crippen LogP contribution in [0.15, 0.2) is 4.52 Å². The number of aromatic nitrogens is 2. The van der Waals surface area contributed by atoms with Gasteiger partial charge in [-0.2, -0.15) is 4.98 Å². The van der Waals surface area contributed by atoms with Gasteiger partial charge < -0.3 is 14.6 Å². The molecule has 0 radical (unpaired) electrons. The molecule has 0 spiro atoms. The standard InChI is InChI=1S/C15H27N3O2/c1-4-16-13(9-11(2)3)10-14-17-15(18-20-14)12-5-7-19-8-6-12/h11-13,16H,4-10H2,1-3H3. The molecule has 0 saturated carbocycles. The van der Waals surface area contributed by atoms with Gasteiger partial charge in [0.2, 0.25) is 5.89 Å². The molecule has 1 aromatic rings. The van der Waals surface area contributed by atoms with Gasteiger partial charge in [0, 0.05) is 31.6 Å². The van der Waals surface area contributed by atoms with E-state index in [0.717, 1.165) is 57.2 Å². The van der Waals surface area contributed by atoms with Crippen LogP contribution in [0.4, 0.5) is 0 Å². The SMILES string of the molecule is CCNC(Cc1nc(C2CCOCC2)no1)CC(C)C. The summed E-state index contributed by atoms with van der Waals surface area (Å²) in [6.07, 6.45) is 3.95. The van der Waals surface area contributed by atoms with E-state index in [2.05, 4.69) is 36.2 Å². The second-order valence-electron chi connectivity index (χ2n) is 6.02. The summed E-state index contributed by atoms with van der Waals surface area (Å²) in [5, 5.41) is 7.67. The first-order chi connectivity index (χ1) is 9.69. The van der Waals surface area contributed by atoms with Crippen molar-refractivity contribution in [1.82, 2.24) is 15.5 Å². The minimum absolute atomic E-state index is 0.406. The predicted octanol–water partition coefficient (Wildman–Crippen LogP) is 2.53. The maximum Gasteiger partial charge on any atom is 0.228 e. The molecule has 2 rings (SSSR count). The molecule has 2 heterocycles. The van der Waals surface area contributed by atoms with Crippen molar-refractivity contribution in [2.24, 2.45) is 5.92 Å².